The monoisotopic (exact) mass is 176 g/mol. The zero-order valence-electron chi connectivity index (χ0n) is 7.98. The largest absolute Gasteiger partial charge is 0.388 e. The van der Waals surface area contributed by atoms with E-state index in [-0.39, 0.29) is 12.0 Å². The molecule has 1 nitrogen and oxygen atoms in total. The molecule has 0 radical (unpaired) electrons. The zero-order valence-corrected chi connectivity index (χ0v) is 7.98. The Kier molecular flexibility index (Phi) is 3.71. The van der Waals surface area contributed by atoms with Crippen LogP contribution in [-0.2, 0) is 0 Å². The predicted octanol–water partition coefficient (Wildman–Crippen LogP) is 2.93. The topological polar surface area (TPSA) is 20.2 Å². The van der Waals surface area contributed by atoms with Crippen LogP contribution in [0.15, 0.2) is 43.0 Å². The van der Waals surface area contributed by atoms with E-state index in [2.05, 4.69) is 6.58 Å². The predicted molar refractivity (Wildman–Crippen MR) is 55.4 cm³/mol. The van der Waals surface area contributed by atoms with Crippen molar-refractivity contribution in [2.45, 2.75) is 19.4 Å². The smallest absolute Gasteiger partial charge is 0.0818 e. The first-order valence-corrected chi connectivity index (χ1v) is 4.59. The highest BCUT2D eigenvalue weighted by Crippen LogP contribution is 2.23. The maximum atomic E-state index is 9.87. The number of rotatable bonds is 4. The number of hydrogen-bond acceptors (Lipinski definition) is 1. The fourth-order valence-corrected chi connectivity index (χ4v) is 1.37. The minimum atomic E-state index is -0.376. The van der Waals surface area contributed by atoms with Gasteiger partial charge in [0.2, 0.25) is 0 Å². The lowest BCUT2D eigenvalue weighted by Gasteiger charge is -2.17. The summed E-state index contributed by atoms with van der Waals surface area (Å²) in [6.45, 7) is 5.69. The van der Waals surface area contributed by atoms with Gasteiger partial charge < -0.3 is 5.11 Å². The summed E-state index contributed by atoms with van der Waals surface area (Å²) >= 11 is 0. The molecule has 0 aliphatic heterocycles. The molecule has 0 aliphatic rings. The maximum Gasteiger partial charge on any atom is 0.0818 e. The molecule has 1 aromatic rings. The van der Waals surface area contributed by atoms with Gasteiger partial charge in [-0.05, 0) is 17.9 Å². The minimum absolute atomic E-state index is 0.236. The van der Waals surface area contributed by atoms with E-state index in [1.165, 1.54) is 0 Å². The standard InChI is InChI=1S/C12H16O/c1-3-7-10(2)12(13)11-8-5-4-6-9-11/h3-6,8-10,12-13H,1,7H2,2H3/t10-,12-/m1/s1. The molecule has 1 heteroatoms. The summed E-state index contributed by atoms with van der Waals surface area (Å²) in [5, 5.41) is 9.87. The average Bonchev–Trinajstić information content (AvgIpc) is 2.18. The van der Waals surface area contributed by atoms with Crippen LogP contribution in [-0.4, -0.2) is 5.11 Å². The average molecular weight is 176 g/mol. The molecular formula is C12H16O. The highest BCUT2D eigenvalue weighted by Gasteiger charge is 2.13. The van der Waals surface area contributed by atoms with E-state index in [9.17, 15) is 5.11 Å². The molecule has 0 aliphatic carbocycles. The van der Waals surface area contributed by atoms with Crippen LogP contribution in [0.5, 0.6) is 0 Å². The SMILES string of the molecule is C=CC[C@@H](C)[C@@H](O)c1ccccc1. The highest BCUT2D eigenvalue weighted by molar-refractivity contribution is 5.17. The van der Waals surface area contributed by atoms with E-state index >= 15 is 0 Å². The molecule has 70 valence electrons. The molecule has 0 spiro atoms. The third kappa shape index (κ3) is 2.71. The van der Waals surface area contributed by atoms with Gasteiger partial charge >= 0.3 is 0 Å². The van der Waals surface area contributed by atoms with Crippen molar-refractivity contribution in [3.8, 4) is 0 Å². The van der Waals surface area contributed by atoms with Crippen molar-refractivity contribution in [3.63, 3.8) is 0 Å². The van der Waals surface area contributed by atoms with Crippen molar-refractivity contribution in [1.29, 1.82) is 0 Å². The molecule has 0 fully saturated rings. The van der Waals surface area contributed by atoms with Crippen LogP contribution in [0.3, 0.4) is 0 Å². The second kappa shape index (κ2) is 4.83. The molecule has 1 aromatic carbocycles. The minimum Gasteiger partial charge on any atom is -0.388 e. The highest BCUT2D eigenvalue weighted by atomic mass is 16.3. The first-order chi connectivity index (χ1) is 6.25. The Labute approximate surface area is 79.7 Å². The van der Waals surface area contributed by atoms with E-state index in [1.54, 1.807) is 0 Å². The van der Waals surface area contributed by atoms with Gasteiger partial charge in [0.25, 0.3) is 0 Å². The molecular weight excluding hydrogens is 160 g/mol. The molecule has 0 heterocycles. The van der Waals surface area contributed by atoms with Gasteiger partial charge in [-0.25, -0.2) is 0 Å². The first kappa shape index (κ1) is 10.0. The van der Waals surface area contributed by atoms with Gasteiger partial charge in [0.15, 0.2) is 0 Å². The number of aliphatic hydroxyl groups is 1. The summed E-state index contributed by atoms with van der Waals surface area (Å²) in [4.78, 5) is 0. The van der Waals surface area contributed by atoms with Crippen molar-refractivity contribution in [3.05, 3.63) is 48.6 Å². The molecule has 1 rings (SSSR count). The molecule has 0 aromatic heterocycles. The van der Waals surface area contributed by atoms with Crippen LogP contribution in [0.1, 0.15) is 25.0 Å². The Hall–Kier alpha value is -1.08. The van der Waals surface area contributed by atoms with Crippen LogP contribution in [0, 0.1) is 5.92 Å². The fourth-order valence-electron chi connectivity index (χ4n) is 1.37. The fraction of sp³-hybridized carbons (Fsp3) is 0.333. The van der Waals surface area contributed by atoms with Crippen molar-refractivity contribution >= 4 is 0 Å². The molecule has 0 amide bonds. The lowest BCUT2D eigenvalue weighted by atomic mass is 9.95. The van der Waals surface area contributed by atoms with Gasteiger partial charge in [-0.1, -0.05) is 43.3 Å². The maximum absolute atomic E-state index is 9.87. The van der Waals surface area contributed by atoms with E-state index in [0.717, 1.165) is 12.0 Å². The third-order valence-corrected chi connectivity index (χ3v) is 2.22. The lowest BCUT2D eigenvalue weighted by Crippen LogP contribution is -2.07. The molecule has 2 atom stereocenters. The van der Waals surface area contributed by atoms with E-state index in [1.807, 2.05) is 43.3 Å². The van der Waals surface area contributed by atoms with E-state index in [0.29, 0.717) is 0 Å². The van der Waals surface area contributed by atoms with Gasteiger partial charge in [0.1, 0.15) is 0 Å². The lowest BCUT2D eigenvalue weighted by molar-refractivity contribution is 0.119. The summed E-state index contributed by atoms with van der Waals surface area (Å²) in [5.41, 5.74) is 0.983. The number of benzene rings is 1. The van der Waals surface area contributed by atoms with Crippen molar-refractivity contribution < 1.29 is 5.11 Å². The Morgan fingerprint density at radius 3 is 2.54 bits per heavy atom. The first-order valence-electron chi connectivity index (χ1n) is 4.59. The summed E-state index contributed by atoms with van der Waals surface area (Å²) < 4.78 is 0. The summed E-state index contributed by atoms with van der Waals surface area (Å²) in [5.74, 6) is 0.236. The number of hydrogen-bond donors (Lipinski definition) is 1. The molecule has 0 bridgehead atoms. The van der Waals surface area contributed by atoms with Crippen LogP contribution in [0.2, 0.25) is 0 Å². The van der Waals surface area contributed by atoms with Crippen molar-refractivity contribution in [2.24, 2.45) is 5.92 Å². The van der Waals surface area contributed by atoms with E-state index < -0.39 is 0 Å². The van der Waals surface area contributed by atoms with Crippen LogP contribution in [0.25, 0.3) is 0 Å². The summed E-state index contributed by atoms with van der Waals surface area (Å²) in [6, 6.07) is 9.74. The summed E-state index contributed by atoms with van der Waals surface area (Å²) in [6.07, 6.45) is 2.31. The second-order valence-corrected chi connectivity index (χ2v) is 3.36. The van der Waals surface area contributed by atoms with Gasteiger partial charge in [0.05, 0.1) is 6.10 Å². The molecule has 0 saturated carbocycles. The van der Waals surface area contributed by atoms with Crippen molar-refractivity contribution in [2.75, 3.05) is 0 Å². The summed E-state index contributed by atoms with van der Waals surface area (Å²) in [7, 11) is 0. The molecule has 0 unspecified atom stereocenters. The quantitative estimate of drug-likeness (QED) is 0.699. The van der Waals surface area contributed by atoms with E-state index in [4.69, 9.17) is 0 Å². The van der Waals surface area contributed by atoms with Crippen LogP contribution in [0.4, 0.5) is 0 Å². The molecule has 1 N–H and O–H groups in total. The van der Waals surface area contributed by atoms with Crippen LogP contribution < -0.4 is 0 Å². The van der Waals surface area contributed by atoms with Gasteiger partial charge in [-0.15, -0.1) is 6.58 Å². The Bertz CT molecular complexity index is 253. The molecule has 13 heavy (non-hydrogen) atoms. The van der Waals surface area contributed by atoms with Gasteiger partial charge in [-0.2, -0.15) is 0 Å². The van der Waals surface area contributed by atoms with Crippen molar-refractivity contribution in [1.82, 2.24) is 0 Å². The number of aliphatic hydroxyl groups excluding tert-OH is 1. The van der Waals surface area contributed by atoms with Gasteiger partial charge in [0, 0.05) is 0 Å². The second-order valence-electron chi connectivity index (χ2n) is 3.36. The van der Waals surface area contributed by atoms with Gasteiger partial charge in [-0.3, -0.25) is 0 Å². The normalized spacial score (nSPS) is 14.9. The molecule has 0 saturated heterocycles. The Morgan fingerprint density at radius 2 is 2.00 bits per heavy atom. The van der Waals surface area contributed by atoms with Crippen LogP contribution >= 0.6 is 0 Å². The third-order valence-electron chi connectivity index (χ3n) is 2.22. The zero-order chi connectivity index (χ0) is 9.68. The number of allylic oxidation sites excluding steroid dienone is 1. The Morgan fingerprint density at radius 1 is 1.38 bits per heavy atom. The Balaban J connectivity index is 2.67.